The predicted octanol–water partition coefficient (Wildman–Crippen LogP) is 2.05. The molecule has 0 bridgehead atoms. The van der Waals surface area contributed by atoms with Crippen LogP contribution >= 0.6 is 0 Å². The molecule has 0 atom stereocenters. The van der Waals surface area contributed by atoms with Gasteiger partial charge >= 0.3 is 12.0 Å². The average Bonchev–Trinajstić information content (AvgIpc) is 2.59. The largest absolute Gasteiger partial charge is 0.465 e. The van der Waals surface area contributed by atoms with E-state index in [4.69, 9.17) is 4.74 Å². The summed E-state index contributed by atoms with van der Waals surface area (Å²) in [5, 5.41) is 0. The van der Waals surface area contributed by atoms with E-state index in [1.165, 1.54) is 36.5 Å². The summed E-state index contributed by atoms with van der Waals surface area (Å²) in [5.74, 6) is -1.66. The van der Waals surface area contributed by atoms with Gasteiger partial charge < -0.3 is 4.74 Å². The maximum atomic E-state index is 13.6. The monoisotopic (exact) mass is 379 g/mol. The number of carbonyl (C=O) groups excluding carboxylic acids is 2. The Morgan fingerprint density at radius 1 is 1.27 bits per heavy atom. The minimum Gasteiger partial charge on any atom is -0.465 e. The van der Waals surface area contributed by atoms with E-state index >= 15 is 0 Å². The molecular formula is C16H14FN3O5S. The quantitative estimate of drug-likeness (QED) is 0.754. The predicted molar refractivity (Wildman–Crippen MR) is 88.7 cm³/mol. The van der Waals surface area contributed by atoms with Crippen LogP contribution in [-0.2, 0) is 19.6 Å². The van der Waals surface area contributed by atoms with Crippen molar-refractivity contribution in [3.63, 3.8) is 0 Å². The highest BCUT2D eigenvalue weighted by molar-refractivity contribution is 7.90. The molecule has 1 aliphatic heterocycles. The zero-order valence-electron chi connectivity index (χ0n) is 13.6. The number of nitrogens with zero attached hydrogens (tertiary/aromatic N) is 3. The van der Waals surface area contributed by atoms with E-state index in [1.54, 1.807) is 6.92 Å². The molecule has 0 radical (unpaired) electrons. The fourth-order valence-electron chi connectivity index (χ4n) is 2.50. The van der Waals surface area contributed by atoms with Gasteiger partial charge in [-0.1, -0.05) is 6.07 Å². The third kappa shape index (κ3) is 2.99. The van der Waals surface area contributed by atoms with Crippen LogP contribution < -0.4 is 4.90 Å². The second-order valence-electron chi connectivity index (χ2n) is 5.24. The van der Waals surface area contributed by atoms with Gasteiger partial charge in [0.2, 0.25) is 0 Å². The van der Waals surface area contributed by atoms with Gasteiger partial charge in [-0.2, -0.15) is 0 Å². The Morgan fingerprint density at radius 3 is 2.73 bits per heavy atom. The Morgan fingerprint density at radius 2 is 2.04 bits per heavy atom. The number of aromatic nitrogens is 1. The number of fused-ring (bicyclic) bond motifs is 1. The molecule has 0 unspecified atom stereocenters. The Balaban J connectivity index is 2.16. The van der Waals surface area contributed by atoms with E-state index in [2.05, 4.69) is 4.98 Å². The molecule has 1 aliphatic rings. The van der Waals surface area contributed by atoms with Crippen molar-refractivity contribution in [2.75, 3.05) is 18.1 Å². The summed E-state index contributed by atoms with van der Waals surface area (Å²) >= 11 is 0. The lowest BCUT2D eigenvalue weighted by molar-refractivity contribution is -0.142. The fraction of sp³-hybridized carbons (Fsp3) is 0.188. The van der Waals surface area contributed by atoms with Gasteiger partial charge in [0.15, 0.2) is 5.82 Å². The number of sulfonamides is 1. The lowest BCUT2D eigenvalue weighted by Gasteiger charge is -2.34. The average molecular weight is 379 g/mol. The van der Waals surface area contributed by atoms with Gasteiger partial charge in [0.05, 0.1) is 12.3 Å². The number of anilines is 2. The first-order valence-electron chi connectivity index (χ1n) is 7.59. The summed E-state index contributed by atoms with van der Waals surface area (Å²) in [6, 6.07) is 6.66. The van der Waals surface area contributed by atoms with E-state index in [1.807, 2.05) is 0 Å². The second kappa shape index (κ2) is 6.71. The highest BCUT2D eigenvalue weighted by atomic mass is 32.2. The Hall–Kier alpha value is -3.01. The van der Waals surface area contributed by atoms with Crippen LogP contribution in [0.4, 0.5) is 20.7 Å². The first-order valence-corrected chi connectivity index (χ1v) is 9.03. The van der Waals surface area contributed by atoms with E-state index in [-0.39, 0.29) is 23.0 Å². The lowest BCUT2D eigenvalue weighted by Crippen LogP contribution is -2.51. The number of esters is 1. The maximum Gasteiger partial charge on any atom is 0.344 e. The van der Waals surface area contributed by atoms with E-state index in [0.717, 1.165) is 11.0 Å². The summed E-state index contributed by atoms with van der Waals surface area (Å²) in [6.07, 6.45) is 1.31. The molecule has 136 valence electrons. The molecule has 1 aromatic carbocycles. The zero-order chi connectivity index (χ0) is 18.9. The number of pyridine rings is 1. The van der Waals surface area contributed by atoms with Crippen LogP contribution in [-0.4, -0.2) is 42.9 Å². The first kappa shape index (κ1) is 17.8. The molecule has 0 aliphatic carbocycles. The topological polar surface area (TPSA) is 96.9 Å². The lowest BCUT2D eigenvalue weighted by atomic mass is 10.2. The normalized spacial score (nSPS) is 15.5. The van der Waals surface area contributed by atoms with Crippen molar-refractivity contribution in [3.8, 4) is 0 Å². The fourth-order valence-corrected chi connectivity index (χ4v) is 3.92. The van der Waals surface area contributed by atoms with Crippen molar-refractivity contribution < 1.29 is 27.1 Å². The van der Waals surface area contributed by atoms with Gasteiger partial charge in [-0.3, -0.25) is 4.79 Å². The second-order valence-corrected chi connectivity index (χ2v) is 7.07. The molecule has 26 heavy (non-hydrogen) atoms. The molecule has 8 nitrogen and oxygen atoms in total. The molecule has 1 aromatic heterocycles. The minimum absolute atomic E-state index is 0.0344. The number of ether oxygens (including phenoxy) is 1. The number of urea groups is 1. The third-order valence-corrected chi connectivity index (χ3v) is 5.32. The van der Waals surface area contributed by atoms with Crippen molar-refractivity contribution in [2.45, 2.75) is 11.8 Å². The molecule has 10 heteroatoms. The van der Waals surface area contributed by atoms with Crippen molar-refractivity contribution in [3.05, 3.63) is 48.4 Å². The van der Waals surface area contributed by atoms with Crippen molar-refractivity contribution in [1.82, 2.24) is 9.29 Å². The molecule has 2 heterocycles. The van der Waals surface area contributed by atoms with E-state index in [9.17, 15) is 22.4 Å². The molecule has 3 rings (SSSR count). The van der Waals surface area contributed by atoms with Gasteiger partial charge in [-0.15, -0.1) is 0 Å². The van der Waals surface area contributed by atoms with Crippen LogP contribution in [0.3, 0.4) is 0 Å². The summed E-state index contributed by atoms with van der Waals surface area (Å²) in [4.78, 5) is 29.3. The Bertz CT molecular complexity index is 979. The van der Waals surface area contributed by atoms with Crippen LogP contribution in [0.1, 0.15) is 6.92 Å². The zero-order valence-corrected chi connectivity index (χ0v) is 14.4. The van der Waals surface area contributed by atoms with Crippen molar-refractivity contribution in [1.29, 1.82) is 0 Å². The van der Waals surface area contributed by atoms with Crippen LogP contribution in [0.2, 0.25) is 0 Å². The number of hydrogen-bond donors (Lipinski definition) is 0. The van der Waals surface area contributed by atoms with Crippen molar-refractivity contribution in [2.24, 2.45) is 0 Å². The summed E-state index contributed by atoms with van der Waals surface area (Å²) in [7, 11) is -4.31. The number of hydrogen-bond acceptors (Lipinski definition) is 6. The van der Waals surface area contributed by atoms with E-state index < -0.39 is 34.4 Å². The number of halogens is 1. The van der Waals surface area contributed by atoms with Gasteiger partial charge in [-0.05, 0) is 37.3 Å². The minimum atomic E-state index is -4.31. The summed E-state index contributed by atoms with van der Waals surface area (Å²) < 4.78 is 44.3. The molecular weight excluding hydrogens is 365 g/mol. The molecule has 0 spiro atoms. The Labute approximate surface area is 148 Å². The van der Waals surface area contributed by atoms with Crippen LogP contribution in [0.15, 0.2) is 47.5 Å². The van der Waals surface area contributed by atoms with Gasteiger partial charge in [0, 0.05) is 6.20 Å². The number of amides is 2. The number of rotatable bonds is 4. The van der Waals surface area contributed by atoms with Crippen molar-refractivity contribution >= 4 is 33.5 Å². The highest BCUT2D eigenvalue weighted by Gasteiger charge is 2.44. The van der Waals surface area contributed by atoms with Gasteiger partial charge in [-0.25, -0.2) is 31.8 Å². The maximum absolute atomic E-state index is 13.6. The Kier molecular flexibility index (Phi) is 4.60. The van der Waals surface area contributed by atoms with E-state index in [0.29, 0.717) is 4.31 Å². The van der Waals surface area contributed by atoms with Crippen LogP contribution in [0, 0.1) is 5.82 Å². The summed E-state index contributed by atoms with van der Waals surface area (Å²) in [6.45, 7) is 0.796. The van der Waals surface area contributed by atoms with Crippen LogP contribution in [0.25, 0.3) is 0 Å². The standard InChI is InChI=1S/C16H14FN3O5S/c1-2-25-14(21)10-19-16(22)20(12-6-3-5-11(17)9-12)15-13(26(19,23)24)7-4-8-18-15/h3-9H,2,10H2,1H3. The smallest absolute Gasteiger partial charge is 0.344 e. The van der Waals surface area contributed by atoms with Gasteiger partial charge in [0.25, 0.3) is 10.0 Å². The first-order chi connectivity index (χ1) is 12.4. The summed E-state index contributed by atoms with van der Waals surface area (Å²) in [5.41, 5.74) is 0.0821. The highest BCUT2D eigenvalue weighted by Crippen LogP contribution is 2.37. The molecule has 0 N–H and O–H groups in total. The SMILES string of the molecule is CCOC(=O)CN1C(=O)N(c2cccc(F)c2)c2ncccc2S1(=O)=O. The van der Waals surface area contributed by atoms with Crippen LogP contribution in [0.5, 0.6) is 0 Å². The third-order valence-electron chi connectivity index (χ3n) is 3.58. The van der Waals surface area contributed by atoms with Gasteiger partial charge in [0.1, 0.15) is 17.3 Å². The molecule has 2 amide bonds. The molecule has 0 saturated carbocycles. The molecule has 0 fully saturated rings. The molecule has 0 saturated heterocycles. The molecule has 2 aromatic rings. The number of benzene rings is 1. The number of carbonyl (C=O) groups is 2.